The Labute approximate surface area is 136 Å². The predicted octanol–water partition coefficient (Wildman–Crippen LogP) is 3.06. The van der Waals surface area contributed by atoms with E-state index in [2.05, 4.69) is 4.98 Å². The monoisotopic (exact) mass is 334 g/mol. The van der Waals surface area contributed by atoms with Gasteiger partial charge in [-0.05, 0) is 31.0 Å². The molecule has 1 aliphatic heterocycles. The van der Waals surface area contributed by atoms with Crippen LogP contribution in [0.3, 0.4) is 0 Å². The van der Waals surface area contributed by atoms with Crippen molar-refractivity contribution in [2.75, 3.05) is 13.1 Å². The molecule has 23 heavy (non-hydrogen) atoms. The molecule has 6 heteroatoms. The minimum absolute atomic E-state index is 0.219. The summed E-state index contributed by atoms with van der Waals surface area (Å²) >= 11 is 0. The van der Waals surface area contributed by atoms with Crippen LogP contribution < -0.4 is 0 Å². The third-order valence-corrected chi connectivity index (χ3v) is 6.28. The van der Waals surface area contributed by atoms with Crippen LogP contribution in [0.5, 0.6) is 0 Å². The van der Waals surface area contributed by atoms with Crippen LogP contribution in [0.4, 0.5) is 0 Å². The summed E-state index contributed by atoms with van der Waals surface area (Å²) < 4.78 is 26.9. The zero-order chi connectivity index (χ0) is 16.8. The molecular weight excluding hydrogens is 312 g/mol. The standard InChI is InChI=1S/C17H22N2O3S/c1-17(2,3)16-14(11-20)13-10-12(6-7-15(13)18-16)23(21,22)19-8-4-5-9-19/h6-7,10-11,18H,4-5,8-9H2,1-3H3. The number of H-pyrrole nitrogens is 1. The van der Waals surface area contributed by atoms with Gasteiger partial charge in [-0.2, -0.15) is 4.31 Å². The summed E-state index contributed by atoms with van der Waals surface area (Å²) in [5, 5.41) is 0.671. The average molecular weight is 334 g/mol. The second-order valence-corrected chi connectivity index (χ2v) is 9.04. The molecule has 0 spiro atoms. The lowest BCUT2D eigenvalue weighted by Crippen LogP contribution is -2.27. The summed E-state index contributed by atoms with van der Waals surface area (Å²) in [7, 11) is -3.48. The van der Waals surface area contributed by atoms with Crippen LogP contribution in [0.25, 0.3) is 10.9 Å². The first-order valence-electron chi connectivity index (χ1n) is 7.86. The van der Waals surface area contributed by atoms with Crippen LogP contribution in [0.2, 0.25) is 0 Å². The van der Waals surface area contributed by atoms with Gasteiger partial charge in [0.1, 0.15) is 0 Å². The maximum absolute atomic E-state index is 12.7. The highest BCUT2D eigenvalue weighted by Crippen LogP contribution is 2.32. The lowest BCUT2D eigenvalue weighted by Gasteiger charge is -2.17. The van der Waals surface area contributed by atoms with E-state index < -0.39 is 10.0 Å². The first-order chi connectivity index (χ1) is 10.7. The first kappa shape index (κ1) is 16.2. The van der Waals surface area contributed by atoms with Crippen molar-refractivity contribution in [3.63, 3.8) is 0 Å². The molecule has 1 aromatic heterocycles. The summed E-state index contributed by atoms with van der Waals surface area (Å²) in [6.07, 6.45) is 2.62. The number of sulfonamides is 1. The largest absolute Gasteiger partial charge is 0.357 e. The number of rotatable bonds is 3. The van der Waals surface area contributed by atoms with Crippen molar-refractivity contribution in [2.24, 2.45) is 0 Å². The highest BCUT2D eigenvalue weighted by atomic mass is 32.2. The number of aromatic amines is 1. The molecule has 1 saturated heterocycles. The van der Waals surface area contributed by atoms with E-state index in [1.165, 1.54) is 4.31 Å². The van der Waals surface area contributed by atoms with Crippen LogP contribution in [0.15, 0.2) is 23.1 Å². The van der Waals surface area contributed by atoms with Gasteiger partial charge in [0.15, 0.2) is 6.29 Å². The van der Waals surface area contributed by atoms with Gasteiger partial charge < -0.3 is 4.98 Å². The van der Waals surface area contributed by atoms with Crippen molar-refractivity contribution in [3.05, 3.63) is 29.5 Å². The van der Waals surface area contributed by atoms with Crippen LogP contribution >= 0.6 is 0 Å². The number of benzene rings is 1. The second-order valence-electron chi connectivity index (χ2n) is 7.10. The van der Waals surface area contributed by atoms with Gasteiger partial charge in [0, 0.05) is 40.7 Å². The van der Waals surface area contributed by atoms with E-state index in [-0.39, 0.29) is 10.3 Å². The molecule has 3 rings (SSSR count). The van der Waals surface area contributed by atoms with E-state index in [1.807, 2.05) is 20.8 Å². The van der Waals surface area contributed by atoms with E-state index in [9.17, 15) is 13.2 Å². The molecule has 0 atom stereocenters. The molecule has 0 unspecified atom stereocenters. The zero-order valence-electron chi connectivity index (χ0n) is 13.7. The molecule has 124 valence electrons. The SMILES string of the molecule is CC(C)(C)c1[nH]c2ccc(S(=O)(=O)N3CCCC3)cc2c1C=O. The van der Waals surface area contributed by atoms with Crippen molar-refractivity contribution in [3.8, 4) is 0 Å². The van der Waals surface area contributed by atoms with Crippen LogP contribution in [0.1, 0.15) is 49.7 Å². The molecule has 1 aliphatic rings. The van der Waals surface area contributed by atoms with Crippen LogP contribution in [-0.4, -0.2) is 37.1 Å². The number of carbonyl (C=O) groups is 1. The Bertz CT molecular complexity index is 854. The quantitative estimate of drug-likeness (QED) is 0.877. The lowest BCUT2D eigenvalue weighted by atomic mass is 9.89. The molecule has 5 nitrogen and oxygen atoms in total. The highest BCUT2D eigenvalue weighted by molar-refractivity contribution is 7.89. The van der Waals surface area contributed by atoms with E-state index in [0.29, 0.717) is 24.0 Å². The normalized spacial score (nSPS) is 17.0. The summed E-state index contributed by atoms with van der Waals surface area (Å²) in [6, 6.07) is 4.99. The molecule has 0 aliphatic carbocycles. The van der Waals surface area contributed by atoms with E-state index in [1.54, 1.807) is 18.2 Å². The molecular formula is C17H22N2O3S. The Balaban J connectivity index is 2.17. The first-order valence-corrected chi connectivity index (χ1v) is 9.30. The smallest absolute Gasteiger partial charge is 0.243 e. The highest BCUT2D eigenvalue weighted by Gasteiger charge is 2.28. The maximum atomic E-state index is 12.7. The van der Waals surface area contributed by atoms with Crippen LogP contribution in [0, 0.1) is 0 Å². The minimum atomic E-state index is -3.48. The Kier molecular flexibility index (Phi) is 3.84. The zero-order valence-corrected chi connectivity index (χ0v) is 14.5. The summed E-state index contributed by atoms with van der Waals surface area (Å²) in [5.41, 5.74) is 1.95. The molecule has 0 amide bonds. The number of hydrogen-bond donors (Lipinski definition) is 1. The van der Waals surface area contributed by atoms with E-state index >= 15 is 0 Å². The number of hydrogen-bond acceptors (Lipinski definition) is 3. The number of nitrogens with zero attached hydrogens (tertiary/aromatic N) is 1. The summed E-state index contributed by atoms with van der Waals surface area (Å²) in [6.45, 7) is 7.20. The van der Waals surface area contributed by atoms with Crippen LogP contribution in [-0.2, 0) is 15.4 Å². The Morgan fingerprint density at radius 2 is 1.83 bits per heavy atom. The van der Waals surface area contributed by atoms with Gasteiger partial charge >= 0.3 is 0 Å². The molecule has 0 radical (unpaired) electrons. The molecule has 1 N–H and O–H groups in total. The van der Waals surface area contributed by atoms with Crippen molar-refractivity contribution >= 4 is 27.2 Å². The topological polar surface area (TPSA) is 70.2 Å². The Hall–Kier alpha value is -1.66. The number of aromatic nitrogens is 1. The fraction of sp³-hybridized carbons (Fsp3) is 0.471. The number of carbonyl (C=O) groups excluding carboxylic acids is 1. The minimum Gasteiger partial charge on any atom is -0.357 e. The Morgan fingerprint density at radius 3 is 2.39 bits per heavy atom. The predicted molar refractivity (Wildman–Crippen MR) is 90.4 cm³/mol. The van der Waals surface area contributed by atoms with Gasteiger partial charge in [-0.15, -0.1) is 0 Å². The molecule has 2 heterocycles. The lowest BCUT2D eigenvalue weighted by molar-refractivity contribution is 0.112. The van der Waals surface area contributed by atoms with Crippen molar-refractivity contribution in [2.45, 2.75) is 43.9 Å². The Morgan fingerprint density at radius 1 is 1.17 bits per heavy atom. The third-order valence-electron chi connectivity index (χ3n) is 4.38. The molecule has 2 aromatic rings. The summed E-state index contributed by atoms with van der Waals surface area (Å²) in [5.74, 6) is 0. The maximum Gasteiger partial charge on any atom is 0.243 e. The van der Waals surface area contributed by atoms with Gasteiger partial charge in [0.2, 0.25) is 10.0 Å². The van der Waals surface area contributed by atoms with Crippen molar-refractivity contribution in [1.82, 2.24) is 9.29 Å². The number of nitrogens with one attached hydrogen (secondary N) is 1. The van der Waals surface area contributed by atoms with Gasteiger partial charge in [-0.3, -0.25) is 4.79 Å². The van der Waals surface area contributed by atoms with E-state index in [0.717, 1.165) is 30.3 Å². The molecule has 0 bridgehead atoms. The molecule has 1 fully saturated rings. The van der Waals surface area contributed by atoms with Crippen molar-refractivity contribution in [1.29, 1.82) is 0 Å². The third kappa shape index (κ3) is 2.70. The van der Waals surface area contributed by atoms with Gasteiger partial charge in [0.05, 0.1) is 4.90 Å². The van der Waals surface area contributed by atoms with Gasteiger partial charge in [-0.1, -0.05) is 20.8 Å². The van der Waals surface area contributed by atoms with Gasteiger partial charge in [-0.25, -0.2) is 8.42 Å². The average Bonchev–Trinajstić information content (AvgIpc) is 3.13. The van der Waals surface area contributed by atoms with E-state index in [4.69, 9.17) is 0 Å². The molecule has 0 saturated carbocycles. The second kappa shape index (κ2) is 5.46. The fourth-order valence-corrected chi connectivity index (χ4v) is 4.69. The number of aldehydes is 1. The number of fused-ring (bicyclic) bond motifs is 1. The molecule has 1 aromatic carbocycles. The van der Waals surface area contributed by atoms with Crippen molar-refractivity contribution < 1.29 is 13.2 Å². The summed E-state index contributed by atoms with van der Waals surface area (Å²) in [4.78, 5) is 15.1. The van der Waals surface area contributed by atoms with Gasteiger partial charge in [0.25, 0.3) is 0 Å². The fourth-order valence-electron chi connectivity index (χ4n) is 3.14.